The number of nitrogens with one attached hydrogen (secondary N) is 2. The maximum atomic E-state index is 16.2. The zero-order valence-electron chi connectivity index (χ0n) is 21.9. The number of hydrogen-bond donors (Lipinski definition) is 3. The summed E-state index contributed by atoms with van der Waals surface area (Å²) in [5.74, 6) is -3.51. The first kappa shape index (κ1) is 29.1. The highest BCUT2D eigenvalue weighted by atomic mass is 19.4. The van der Waals surface area contributed by atoms with Crippen LogP contribution in [-0.2, 0) is 6.18 Å². The number of pyridine rings is 1. The molecule has 0 aliphatic carbocycles. The van der Waals surface area contributed by atoms with Crippen LogP contribution in [0, 0.1) is 11.6 Å². The monoisotopic (exact) mass is 569 g/mol. The van der Waals surface area contributed by atoms with E-state index in [1.807, 2.05) is 25.9 Å². The minimum absolute atomic E-state index is 0.0202. The molecule has 2 atom stereocenters. The van der Waals surface area contributed by atoms with Gasteiger partial charge in [0, 0.05) is 56.6 Å². The summed E-state index contributed by atoms with van der Waals surface area (Å²) in [5, 5.41) is 11.4. The zero-order valence-corrected chi connectivity index (χ0v) is 21.9. The quantitative estimate of drug-likeness (QED) is 0.476. The molecule has 2 aromatic rings. The minimum atomic E-state index is -5.05. The fourth-order valence-corrected chi connectivity index (χ4v) is 5.02. The lowest BCUT2D eigenvalue weighted by atomic mass is 9.96. The summed E-state index contributed by atoms with van der Waals surface area (Å²) in [5.41, 5.74) is -4.46. The molecule has 0 radical (unpaired) electrons. The molecule has 9 nitrogen and oxygen atoms in total. The van der Waals surface area contributed by atoms with Crippen LogP contribution in [-0.4, -0.2) is 77.2 Å². The average Bonchev–Trinajstić information content (AvgIpc) is 2.88. The first-order valence-electron chi connectivity index (χ1n) is 12.5. The molecule has 1 saturated heterocycles. The van der Waals surface area contributed by atoms with E-state index in [1.54, 1.807) is 4.90 Å². The fraction of sp³-hybridized carbons (Fsp3) is 0.423. The number of carbonyl (C=O) groups excluding carboxylic acids is 1. The molecule has 2 aliphatic heterocycles. The van der Waals surface area contributed by atoms with Crippen LogP contribution in [0.1, 0.15) is 41.8 Å². The van der Waals surface area contributed by atoms with Crippen molar-refractivity contribution < 1.29 is 36.6 Å². The van der Waals surface area contributed by atoms with Crippen LogP contribution >= 0.6 is 0 Å². The molecule has 3 N–H and O–H groups in total. The van der Waals surface area contributed by atoms with Crippen molar-refractivity contribution in [3.8, 4) is 0 Å². The van der Waals surface area contributed by atoms with Crippen LogP contribution in [0.2, 0.25) is 0 Å². The number of aromatic nitrogens is 1. The summed E-state index contributed by atoms with van der Waals surface area (Å²) in [6.07, 6.45) is -4.32. The first-order chi connectivity index (χ1) is 18.7. The van der Waals surface area contributed by atoms with Crippen LogP contribution in [0.4, 0.5) is 38.1 Å². The molecule has 0 bridgehead atoms. The topological polar surface area (TPSA) is 109 Å². The number of benzene rings is 1. The van der Waals surface area contributed by atoms with Gasteiger partial charge in [-0.1, -0.05) is 6.08 Å². The van der Waals surface area contributed by atoms with E-state index in [0.717, 1.165) is 11.0 Å². The molecule has 2 amide bonds. The molecule has 1 aromatic heterocycles. The Hall–Kier alpha value is -3.94. The third kappa shape index (κ3) is 5.67. The van der Waals surface area contributed by atoms with Crippen molar-refractivity contribution in [2.24, 2.45) is 0 Å². The van der Waals surface area contributed by atoms with Crippen molar-refractivity contribution in [1.82, 2.24) is 14.8 Å². The van der Waals surface area contributed by atoms with Gasteiger partial charge in [0.15, 0.2) is 5.82 Å². The number of likely N-dealkylation sites (N-methyl/N-ethyl adjacent to an activating group) is 1. The maximum Gasteiger partial charge on any atom is 0.417 e. The Labute approximate surface area is 225 Å². The number of halogens is 5. The Morgan fingerprint density at radius 3 is 2.33 bits per heavy atom. The Balaban J connectivity index is 1.83. The smallest absolute Gasteiger partial charge is 0.417 e. The fourth-order valence-electron chi connectivity index (χ4n) is 5.02. The van der Waals surface area contributed by atoms with Crippen molar-refractivity contribution in [2.45, 2.75) is 38.5 Å². The van der Waals surface area contributed by atoms with Crippen LogP contribution in [0.5, 0.6) is 0 Å². The van der Waals surface area contributed by atoms with Crippen molar-refractivity contribution in [2.75, 3.05) is 43.4 Å². The van der Waals surface area contributed by atoms with Gasteiger partial charge < -0.3 is 25.2 Å². The van der Waals surface area contributed by atoms with E-state index in [9.17, 15) is 32.7 Å². The molecule has 40 heavy (non-hydrogen) atoms. The van der Waals surface area contributed by atoms with Gasteiger partial charge in [-0.25, -0.2) is 13.6 Å². The van der Waals surface area contributed by atoms with Crippen molar-refractivity contribution in [3.63, 3.8) is 0 Å². The van der Waals surface area contributed by atoms with Gasteiger partial charge in [0.1, 0.15) is 11.5 Å². The lowest BCUT2D eigenvalue weighted by Crippen LogP contribution is -2.55. The number of H-pyrrole nitrogens is 1. The highest BCUT2D eigenvalue weighted by Gasteiger charge is 2.37. The van der Waals surface area contributed by atoms with Crippen molar-refractivity contribution in [3.05, 3.63) is 63.1 Å². The molecule has 216 valence electrons. The predicted octanol–water partition coefficient (Wildman–Crippen LogP) is 4.22. The molecule has 2 aliphatic rings. The molecule has 0 unspecified atom stereocenters. The lowest BCUT2D eigenvalue weighted by Gasteiger charge is -2.44. The Bertz CT molecular complexity index is 1410. The van der Waals surface area contributed by atoms with E-state index in [-0.39, 0.29) is 48.9 Å². The summed E-state index contributed by atoms with van der Waals surface area (Å²) < 4.78 is 72.6. The Kier molecular flexibility index (Phi) is 7.92. The van der Waals surface area contributed by atoms with Gasteiger partial charge in [0.05, 0.1) is 22.4 Å². The molecule has 14 heteroatoms. The summed E-state index contributed by atoms with van der Waals surface area (Å²) in [6, 6.07) is 1.14. The van der Waals surface area contributed by atoms with Crippen molar-refractivity contribution in [1.29, 1.82) is 0 Å². The molecule has 4 rings (SSSR count). The largest absolute Gasteiger partial charge is 0.465 e. The van der Waals surface area contributed by atoms with Gasteiger partial charge in [0.2, 0.25) is 5.56 Å². The minimum Gasteiger partial charge on any atom is -0.465 e. The summed E-state index contributed by atoms with van der Waals surface area (Å²) in [6.45, 7) is 4.28. The molecular weight excluding hydrogens is 541 g/mol. The SMILES string of the molecule is C[C@@H]1CN(c2cc(F)c(C3=CCN(C(=O)O)CC3)c(F)c2NC(=O)c2c[nH]c(=O)cc2C(F)(F)F)C[C@H](C)N1C. The van der Waals surface area contributed by atoms with E-state index in [4.69, 9.17) is 0 Å². The molecule has 0 saturated carbocycles. The normalized spacial score (nSPS) is 20.4. The van der Waals surface area contributed by atoms with E-state index < -0.39 is 57.7 Å². The summed E-state index contributed by atoms with van der Waals surface area (Å²) in [7, 11) is 1.89. The van der Waals surface area contributed by atoms with Gasteiger partial charge in [-0.05, 0) is 32.9 Å². The number of piperazine rings is 1. The number of hydrogen-bond acceptors (Lipinski definition) is 5. The second-order valence-corrected chi connectivity index (χ2v) is 9.99. The lowest BCUT2D eigenvalue weighted by molar-refractivity contribution is -0.138. The van der Waals surface area contributed by atoms with Crippen LogP contribution < -0.4 is 15.8 Å². The number of alkyl halides is 3. The third-order valence-corrected chi connectivity index (χ3v) is 7.41. The van der Waals surface area contributed by atoms with E-state index >= 15 is 8.78 Å². The van der Waals surface area contributed by atoms with Gasteiger partial charge >= 0.3 is 12.3 Å². The van der Waals surface area contributed by atoms with E-state index in [1.165, 1.54) is 6.08 Å². The number of carboxylic acid groups (broad SMARTS) is 1. The average molecular weight is 570 g/mol. The second kappa shape index (κ2) is 10.9. The summed E-state index contributed by atoms with van der Waals surface area (Å²) >= 11 is 0. The molecule has 1 aromatic carbocycles. The number of rotatable bonds is 4. The van der Waals surface area contributed by atoms with Crippen LogP contribution in [0.3, 0.4) is 0 Å². The highest BCUT2D eigenvalue weighted by Crippen LogP contribution is 2.40. The van der Waals surface area contributed by atoms with Crippen molar-refractivity contribution >= 4 is 28.9 Å². The van der Waals surface area contributed by atoms with E-state index in [0.29, 0.717) is 19.3 Å². The number of carbonyl (C=O) groups is 2. The van der Waals surface area contributed by atoms with Gasteiger partial charge in [0.25, 0.3) is 5.91 Å². The highest BCUT2D eigenvalue weighted by molar-refractivity contribution is 6.07. The second-order valence-electron chi connectivity index (χ2n) is 9.99. The number of anilines is 2. The third-order valence-electron chi connectivity index (χ3n) is 7.41. The van der Waals surface area contributed by atoms with Crippen LogP contribution in [0.25, 0.3) is 5.57 Å². The summed E-state index contributed by atoms with van der Waals surface area (Å²) in [4.78, 5) is 42.7. The van der Waals surface area contributed by atoms with Crippen LogP contribution in [0.15, 0.2) is 29.2 Å². The number of nitrogens with zero attached hydrogens (tertiary/aromatic N) is 3. The molecule has 0 spiro atoms. The maximum absolute atomic E-state index is 16.2. The standard InChI is InChI=1S/C26H28F5N5O4/c1-13-11-36(12-14(2)34(13)3)19-9-18(27)21(15-4-6-35(7-5-15)25(39)40)22(28)23(19)33-24(38)16-10-32-20(37)8-17(16)26(29,30)31/h4,8-10,13-14H,5-7,11-12H2,1-3H3,(H,32,37)(H,33,38)(H,39,40)/t13-,14+. The van der Waals surface area contributed by atoms with E-state index in [2.05, 4.69) is 10.2 Å². The van der Waals surface area contributed by atoms with Gasteiger partial charge in [-0.2, -0.15) is 13.2 Å². The van der Waals surface area contributed by atoms with Gasteiger partial charge in [-0.3, -0.25) is 14.5 Å². The Morgan fingerprint density at radius 1 is 1.12 bits per heavy atom. The Morgan fingerprint density at radius 2 is 1.77 bits per heavy atom. The zero-order chi connectivity index (χ0) is 29.5. The molecular formula is C26H28F5N5O4. The molecule has 3 heterocycles. The molecule has 1 fully saturated rings. The number of amides is 2. The number of aromatic amines is 1. The predicted molar refractivity (Wildman–Crippen MR) is 137 cm³/mol. The first-order valence-corrected chi connectivity index (χ1v) is 12.5. The van der Waals surface area contributed by atoms with Gasteiger partial charge in [-0.15, -0.1) is 0 Å².